The zero-order valence-corrected chi connectivity index (χ0v) is 11.8. The standard InChI is InChI=1S/C14H20N6/c1-19-13-11(7-18-19)14(17-9-16-13)20-6-4-12-10(8-20)3-2-5-15-12/h7,9-10,12,15H,2-6,8H2,1H3. The van der Waals surface area contributed by atoms with E-state index in [0.29, 0.717) is 6.04 Å². The van der Waals surface area contributed by atoms with Gasteiger partial charge in [0.05, 0.1) is 11.6 Å². The zero-order chi connectivity index (χ0) is 13.5. The minimum Gasteiger partial charge on any atom is -0.356 e. The molecule has 0 amide bonds. The van der Waals surface area contributed by atoms with Crippen LogP contribution >= 0.6 is 0 Å². The Morgan fingerprint density at radius 2 is 2.25 bits per heavy atom. The van der Waals surface area contributed by atoms with Crippen LogP contribution in [0.25, 0.3) is 11.0 Å². The summed E-state index contributed by atoms with van der Waals surface area (Å²) in [6.45, 7) is 3.34. The van der Waals surface area contributed by atoms with Crippen LogP contribution in [0.15, 0.2) is 12.5 Å². The normalized spacial score (nSPS) is 26.8. The van der Waals surface area contributed by atoms with Crippen LogP contribution < -0.4 is 10.2 Å². The number of hydrogen-bond acceptors (Lipinski definition) is 5. The number of aryl methyl sites for hydroxylation is 1. The number of anilines is 1. The van der Waals surface area contributed by atoms with E-state index in [1.54, 1.807) is 6.33 Å². The van der Waals surface area contributed by atoms with Crippen molar-refractivity contribution in [3.05, 3.63) is 12.5 Å². The quantitative estimate of drug-likeness (QED) is 0.837. The van der Waals surface area contributed by atoms with E-state index < -0.39 is 0 Å². The molecule has 6 heteroatoms. The molecule has 2 atom stereocenters. The molecule has 2 fully saturated rings. The summed E-state index contributed by atoms with van der Waals surface area (Å²) in [5, 5.41) is 9.03. The number of nitrogens with one attached hydrogen (secondary N) is 1. The van der Waals surface area contributed by atoms with Crippen LogP contribution in [0.5, 0.6) is 0 Å². The Kier molecular flexibility index (Phi) is 2.84. The van der Waals surface area contributed by atoms with E-state index in [9.17, 15) is 0 Å². The van der Waals surface area contributed by atoms with E-state index in [1.807, 2.05) is 17.9 Å². The molecule has 0 aromatic carbocycles. The van der Waals surface area contributed by atoms with E-state index in [0.717, 1.165) is 35.9 Å². The van der Waals surface area contributed by atoms with Gasteiger partial charge in [-0.3, -0.25) is 4.68 Å². The van der Waals surface area contributed by atoms with Crippen LogP contribution in [0, 0.1) is 5.92 Å². The van der Waals surface area contributed by atoms with Crippen LogP contribution in [0.4, 0.5) is 5.82 Å². The lowest BCUT2D eigenvalue weighted by atomic mass is 9.85. The minimum atomic E-state index is 0.700. The van der Waals surface area contributed by atoms with Gasteiger partial charge in [-0.1, -0.05) is 0 Å². The van der Waals surface area contributed by atoms with Crippen molar-refractivity contribution in [2.24, 2.45) is 13.0 Å². The smallest absolute Gasteiger partial charge is 0.163 e. The number of aromatic nitrogens is 4. The number of fused-ring (bicyclic) bond motifs is 2. The lowest BCUT2D eigenvalue weighted by Gasteiger charge is -2.42. The zero-order valence-electron chi connectivity index (χ0n) is 11.8. The first-order valence-corrected chi connectivity index (χ1v) is 7.44. The fourth-order valence-electron chi connectivity index (χ4n) is 3.64. The van der Waals surface area contributed by atoms with Gasteiger partial charge in [0.1, 0.15) is 12.1 Å². The monoisotopic (exact) mass is 272 g/mol. The van der Waals surface area contributed by atoms with Gasteiger partial charge in [-0.25, -0.2) is 9.97 Å². The van der Waals surface area contributed by atoms with Gasteiger partial charge in [0.25, 0.3) is 0 Å². The van der Waals surface area contributed by atoms with Crippen molar-refractivity contribution in [2.45, 2.75) is 25.3 Å². The summed E-state index contributed by atoms with van der Waals surface area (Å²) in [7, 11) is 1.93. The Labute approximate surface area is 118 Å². The summed E-state index contributed by atoms with van der Waals surface area (Å²) in [6.07, 6.45) is 7.37. The molecule has 2 aliphatic heterocycles. The van der Waals surface area contributed by atoms with E-state index in [2.05, 4.69) is 25.3 Å². The highest BCUT2D eigenvalue weighted by Crippen LogP contribution is 2.30. The predicted octanol–water partition coefficient (Wildman–Crippen LogP) is 0.942. The average molecular weight is 272 g/mol. The maximum absolute atomic E-state index is 4.52. The largest absolute Gasteiger partial charge is 0.356 e. The molecule has 0 aliphatic carbocycles. The Morgan fingerprint density at radius 1 is 1.30 bits per heavy atom. The van der Waals surface area contributed by atoms with Gasteiger partial charge in [-0.15, -0.1) is 0 Å². The summed E-state index contributed by atoms with van der Waals surface area (Å²) in [5.74, 6) is 1.80. The highest BCUT2D eigenvalue weighted by molar-refractivity contribution is 5.86. The summed E-state index contributed by atoms with van der Waals surface area (Å²) >= 11 is 0. The maximum atomic E-state index is 4.52. The van der Waals surface area contributed by atoms with Gasteiger partial charge in [0.15, 0.2) is 5.65 Å². The van der Waals surface area contributed by atoms with Crippen molar-refractivity contribution in [3.63, 3.8) is 0 Å². The molecule has 2 aromatic heterocycles. The number of rotatable bonds is 1. The molecule has 2 aromatic rings. The van der Waals surface area contributed by atoms with Crippen LogP contribution in [-0.2, 0) is 7.05 Å². The SMILES string of the molecule is Cn1ncc2c(N3CCC4NCCCC4C3)ncnc21. The lowest BCUT2D eigenvalue weighted by Crippen LogP contribution is -2.52. The molecule has 1 N–H and O–H groups in total. The van der Waals surface area contributed by atoms with Gasteiger partial charge in [0.2, 0.25) is 0 Å². The third-order valence-electron chi connectivity index (χ3n) is 4.70. The van der Waals surface area contributed by atoms with Gasteiger partial charge in [0, 0.05) is 26.2 Å². The molecule has 0 radical (unpaired) electrons. The summed E-state index contributed by atoms with van der Waals surface area (Å²) < 4.78 is 1.81. The molecule has 20 heavy (non-hydrogen) atoms. The van der Waals surface area contributed by atoms with E-state index in [4.69, 9.17) is 0 Å². The van der Waals surface area contributed by atoms with Crippen LogP contribution in [-0.4, -0.2) is 45.4 Å². The lowest BCUT2D eigenvalue weighted by molar-refractivity contribution is 0.244. The van der Waals surface area contributed by atoms with Crippen molar-refractivity contribution < 1.29 is 0 Å². The molecule has 4 rings (SSSR count). The van der Waals surface area contributed by atoms with Crippen molar-refractivity contribution in [1.29, 1.82) is 0 Å². The van der Waals surface area contributed by atoms with E-state index >= 15 is 0 Å². The van der Waals surface area contributed by atoms with Gasteiger partial charge < -0.3 is 10.2 Å². The van der Waals surface area contributed by atoms with Gasteiger partial charge in [-0.2, -0.15) is 5.10 Å². The van der Waals surface area contributed by atoms with Crippen molar-refractivity contribution in [1.82, 2.24) is 25.1 Å². The molecule has 2 unspecified atom stereocenters. The summed E-state index contributed by atoms with van der Waals surface area (Å²) in [6, 6.07) is 0.700. The fourth-order valence-corrected chi connectivity index (χ4v) is 3.64. The molecule has 4 heterocycles. The number of hydrogen-bond donors (Lipinski definition) is 1. The average Bonchev–Trinajstić information content (AvgIpc) is 2.88. The molecular formula is C14H20N6. The number of nitrogens with zero attached hydrogens (tertiary/aromatic N) is 5. The van der Waals surface area contributed by atoms with Crippen LogP contribution in [0.3, 0.4) is 0 Å². The second-order valence-electron chi connectivity index (χ2n) is 5.90. The van der Waals surface area contributed by atoms with Crippen molar-refractivity contribution >= 4 is 16.9 Å². The molecular weight excluding hydrogens is 252 g/mol. The second kappa shape index (κ2) is 4.70. The first-order valence-electron chi connectivity index (χ1n) is 7.44. The molecule has 106 valence electrons. The summed E-state index contributed by atoms with van der Waals surface area (Å²) in [4.78, 5) is 11.3. The Balaban J connectivity index is 1.66. The Bertz CT molecular complexity index is 621. The van der Waals surface area contributed by atoms with Crippen molar-refractivity contribution in [3.8, 4) is 0 Å². The van der Waals surface area contributed by atoms with Crippen LogP contribution in [0.1, 0.15) is 19.3 Å². The molecule has 0 bridgehead atoms. The molecule has 2 saturated heterocycles. The predicted molar refractivity (Wildman–Crippen MR) is 77.6 cm³/mol. The Hall–Kier alpha value is -1.69. The van der Waals surface area contributed by atoms with Gasteiger partial charge in [-0.05, 0) is 31.7 Å². The Morgan fingerprint density at radius 3 is 3.20 bits per heavy atom. The topological polar surface area (TPSA) is 58.9 Å². The first kappa shape index (κ1) is 12.1. The molecule has 6 nitrogen and oxygen atoms in total. The minimum absolute atomic E-state index is 0.700. The highest BCUT2D eigenvalue weighted by atomic mass is 15.3. The van der Waals surface area contributed by atoms with E-state index in [1.165, 1.54) is 25.8 Å². The fraction of sp³-hybridized carbons (Fsp3) is 0.643. The second-order valence-corrected chi connectivity index (χ2v) is 5.90. The summed E-state index contributed by atoms with van der Waals surface area (Å²) in [5.41, 5.74) is 0.916. The third kappa shape index (κ3) is 1.86. The first-order chi connectivity index (χ1) is 9.83. The van der Waals surface area contributed by atoms with Crippen molar-refractivity contribution in [2.75, 3.05) is 24.5 Å². The maximum Gasteiger partial charge on any atom is 0.163 e. The highest BCUT2D eigenvalue weighted by Gasteiger charge is 2.32. The van der Waals surface area contributed by atoms with E-state index in [-0.39, 0.29) is 0 Å². The van der Waals surface area contributed by atoms with Gasteiger partial charge >= 0.3 is 0 Å². The van der Waals surface area contributed by atoms with Crippen LogP contribution in [0.2, 0.25) is 0 Å². The number of piperidine rings is 2. The third-order valence-corrected chi connectivity index (χ3v) is 4.70. The molecule has 2 aliphatic rings. The molecule has 0 spiro atoms. The molecule has 0 saturated carbocycles.